The lowest BCUT2D eigenvalue weighted by atomic mass is 10.00. The highest BCUT2D eigenvalue weighted by atomic mass is 31.2. The number of hydrogen-bond acceptors (Lipinski definition) is 15. The molecule has 19 heteroatoms. The molecule has 0 rings (SSSR count). The fourth-order valence-electron chi connectivity index (χ4n) is 10.2. The summed E-state index contributed by atoms with van der Waals surface area (Å²) in [6, 6.07) is 0. The van der Waals surface area contributed by atoms with Crippen LogP contribution in [-0.2, 0) is 65.4 Å². The molecule has 0 saturated heterocycles. The Hall–Kier alpha value is -1.94. The first-order valence-corrected chi connectivity index (χ1v) is 38.4. The third-order valence-electron chi connectivity index (χ3n) is 16.0. The van der Waals surface area contributed by atoms with Gasteiger partial charge in [0.15, 0.2) is 12.2 Å². The van der Waals surface area contributed by atoms with Gasteiger partial charge in [-0.2, -0.15) is 0 Å². The monoisotopic (exact) mass is 1280 g/mol. The van der Waals surface area contributed by atoms with Gasteiger partial charge in [-0.05, 0) is 43.4 Å². The van der Waals surface area contributed by atoms with Gasteiger partial charge in [-0.1, -0.05) is 286 Å². The van der Waals surface area contributed by atoms with Gasteiger partial charge in [-0.15, -0.1) is 0 Å². The Morgan fingerprint density at radius 3 is 0.874 bits per heavy atom. The number of esters is 4. The van der Waals surface area contributed by atoms with E-state index >= 15 is 0 Å². The van der Waals surface area contributed by atoms with Gasteiger partial charge in [0.05, 0.1) is 26.4 Å². The second-order valence-corrected chi connectivity index (χ2v) is 28.7. The van der Waals surface area contributed by atoms with Crippen LogP contribution in [0.15, 0.2) is 0 Å². The molecule has 0 bridgehead atoms. The summed E-state index contributed by atoms with van der Waals surface area (Å²) in [7, 11) is -9.89. The van der Waals surface area contributed by atoms with Crippen molar-refractivity contribution in [2.45, 2.75) is 356 Å². The summed E-state index contributed by atoms with van der Waals surface area (Å²) in [6.07, 6.45) is 41.9. The van der Waals surface area contributed by atoms with Crippen LogP contribution in [0.25, 0.3) is 0 Å². The van der Waals surface area contributed by atoms with Crippen molar-refractivity contribution in [1.82, 2.24) is 0 Å². The van der Waals surface area contributed by atoms with Crippen LogP contribution in [0.3, 0.4) is 0 Å². The predicted octanol–water partition coefficient (Wildman–Crippen LogP) is 19.1. The standard InChI is InChI=1S/C68H132O17P2/c1-8-10-11-12-25-35-42-49-65(70)78-55-64(85-68(73)52-45-38-31-30-34-41-48-61(7)9-2)58-83-87(76,77)81-54-62(69)53-80-86(74,75)82-57-63(56-79-66(71)50-43-36-28-24-20-22-27-33-40-47-60(5)6)84-67(72)51-44-37-29-23-19-17-15-13-14-16-18-21-26-32-39-46-59(3)4/h59-64,69H,8-58H2,1-7H3,(H,74,75)(H,76,77)/t61?,62-,63-,64-/m1/s1. The number of unbranched alkanes of at least 4 members (excludes halogenated alkanes) is 33. The third-order valence-corrected chi connectivity index (χ3v) is 17.9. The first-order valence-electron chi connectivity index (χ1n) is 35.4. The molecule has 516 valence electrons. The summed E-state index contributed by atoms with van der Waals surface area (Å²) in [6.45, 7) is 11.7. The average Bonchev–Trinajstić information content (AvgIpc) is 3.67. The largest absolute Gasteiger partial charge is 0.472 e. The average molecular weight is 1280 g/mol. The minimum Gasteiger partial charge on any atom is -0.462 e. The SMILES string of the molecule is CCCCCCCCCC(=O)OC[C@H](COP(=O)(O)OC[C@H](O)COP(=O)(O)OC[C@@H](COC(=O)CCCCCCCCCCCC(C)C)OC(=O)CCCCCCCCCCCCCCCCCC(C)C)OC(=O)CCCCCCCCC(C)CC. The molecule has 0 aromatic heterocycles. The van der Waals surface area contributed by atoms with Crippen LogP contribution in [0.2, 0.25) is 0 Å². The van der Waals surface area contributed by atoms with Crippen LogP contribution in [0.5, 0.6) is 0 Å². The number of carbonyl (C=O) groups is 4. The van der Waals surface area contributed by atoms with Gasteiger partial charge in [0.25, 0.3) is 0 Å². The molecule has 17 nitrogen and oxygen atoms in total. The van der Waals surface area contributed by atoms with Crippen LogP contribution in [-0.4, -0.2) is 96.7 Å². The highest BCUT2D eigenvalue weighted by molar-refractivity contribution is 7.47. The summed E-state index contributed by atoms with van der Waals surface area (Å²) < 4.78 is 68.1. The molecule has 0 aromatic carbocycles. The zero-order valence-corrected chi connectivity index (χ0v) is 58.3. The van der Waals surface area contributed by atoms with Crippen LogP contribution < -0.4 is 0 Å². The van der Waals surface area contributed by atoms with Crippen molar-refractivity contribution in [2.75, 3.05) is 39.6 Å². The fourth-order valence-corrected chi connectivity index (χ4v) is 11.7. The summed E-state index contributed by atoms with van der Waals surface area (Å²) in [5.74, 6) is 0.130. The van der Waals surface area contributed by atoms with E-state index in [0.29, 0.717) is 25.7 Å². The minimum absolute atomic E-state index is 0.102. The smallest absolute Gasteiger partial charge is 0.462 e. The highest BCUT2D eigenvalue weighted by Gasteiger charge is 2.30. The second kappa shape index (κ2) is 59.1. The Morgan fingerprint density at radius 2 is 0.586 bits per heavy atom. The predicted molar refractivity (Wildman–Crippen MR) is 349 cm³/mol. The maximum atomic E-state index is 13.0. The van der Waals surface area contributed by atoms with Crippen molar-refractivity contribution >= 4 is 39.5 Å². The fraction of sp³-hybridized carbons (Fsp3) is 0.941. The molecule has 3 N–H and O–H groups in total. The number of hydrogen-bond donors (Lipinski definition) is 3. The lowest BCUT2D eigenvalue weighted by Crippen LogP contribution is -2.30. The molecule has 87 heavy (non-hydrogen) atoms. The third kappa shape index (κ3) is 61.3. The van der Waals surface area contributed by atoms with E-state index < -0.39 is 97.5 Å². The number of carbonyl (C=O) groups excluding carboxylic acids is 4. The van der Waals surface area contributed by atoms with E-state index in [0.717, 1.165) is 120 Å². The zero-order chi connectivity index (χ0) is 64.5. The van der Waals surface area contributed by atoms with Crippen LogP contribution in [0.4, 0.5) is 0 Å². The maximum absolute atomic E-state index is 13.0. The Labute approximate surface area is 530 Å². The molecule has 3 unspecified atom stereocenters. The summed E-state index contributed by atoms with van der Waals surface area (Å²) in [5.41, 5.74) is 0. The van der Waals surface area contributed by atoms with Gasteiger partial charge in [-0.3, -0.25) is 37.3 Å². The van der Waals surface area contributed by atoms with Crippen LogP contribution in [0.1, 0.15) is 337 Å². The van der Waals surface area contributed by atoms with Crippen molar-refractivity contribution in [2.24, 2.45) is 17.8 Å². The quantitative estimate of drug-likeness (QED) is 0.0222. The molecule has 0 amide bonds. The molecule has 0 heterocycles. The van der Waals surface area contributed by atoms with E-state index in [9.17, 15) is 43.2 Å². The highest BCUT2D eigenvalue weighted by Crippen LogP contribution is 2.45. The van der Waals surface area contributed by atoms with Crippen molar-refractivity contribution in [1.29, 1.82) is 0 Å². The minimum atomic E-state index is -4.95. The number of aliphatic hydroxyl groups excluding tert-OH is 1. The molecule has 0 fully saturated rings. The van der Waals surface area contributed by atoms with Gasteiger partial charge in [0.2, 0.25) is 0 Å². The Balaban J connectivity index is 5.19. The van der Waals surface area contributed by atoms with Gasteiger partial charge < -0.3 is 33.8 Å². The Morgan fingerprint density at radius 1 is 0.333 bits per heavy atom. The molecule has 0 spiro atoms. The second-order valence-electron chi connectivity index (χ2n) is 25.8. The zero-order valence-electron chi connectivity index (χ0n) is 56.5. The lowest BCUT2D eigenvalue weighted by molar-refractivity contribution is -0.161. The van der Waals surface area contributed by atoms with E-state index in [1.54, 1.807) is 0 Å². The normalized spacial score (nSPS) is 14.6. The molecule has 0 aliphatic carbocycles. The lowest BCUT2D eigenvalue weighted by Gasteiger charge is -2.21. The maximum Gasteiger partial charge on any atom is 0.472 e. The van der Waals surface area contributed by atoms with Gasteiger partial charge in [0, 0.05) is 25.7 Å². The summed E-state index contributed by atoms with van der Waals surface area (Å²) in [4.78, 5) is 72.3. The molecule has 0 aliphatic heterocycles. The molecule has 0 aliphatic rings. The number of ether oxygens (including phenoxy) is 4. The van der Waals surface area contributed by atoms with Crippen molar-refractivity contribution < 1.29 is 80.2 Å². The van der Waals surface area contributed by atoms with Gasteiger partial charge >= 0.3 is 39.5 Å². The van der Waals surface area contributed by atoms with E-state index in [2.05, 4.69) is 48.5 Å². The molecule has 0 radical (unpaired) electrons. The van der Waals surface area contributed by atoms with E-state index in [1.807, 2.05) is 0 Å². The topological polar surface area (TPSA) is 237 Å². The number of aliphatic hydroxyl groups is 1. The van der Waals surface area contributed by atoms with Crippen molar-refractivity contribution in [3.8, 4) is 0 Å². The number of phosphoric ester groups is 2. The van der Waals surface area contributed by atoms with E-state index in [1.165, 1.54) is 135 Å². The Bertz CT molecular complexity index is 1720. The first-order chi connectivity index (χ1) is 41.8. The number of rotatable bonds is 66. The molecule has 0 aromatic rings. The van der Waals surface area contributed by atoms with Gasteiger partial charge in [-0.25, -0.2) is 9.13 Å². The Kier molecular flexibility index (Phi) is 57.8. The molecular formula is C68H132O17P2. The summed E-state index contributed by atoms with van der Waals surface area (Å²) >= 11 is 0. The van der Waals surface area contributed by atoms with E-state index in [4.69, 9.17) is 37.0 Å². The number of phosphoric acid groups is 2. The van der Waals surface area contributed by atoms with E-state index in [-0.39, 0.29) is 25.7 Å². The van der Waals surface area contributed by atoms with Crippen LogP contribution in [0, 0.1) is 17.8 Å². The van der Waals surface area contributed by atoms with Gasteiger partial charge in [0.1, 0.15) is 19.3 Å². The molecular weight excluding hydrogens is 1150 g/mol. The van der Waals surface area contributed by atoms with Crippen molar-refractivity contribution in [3.63, 3.8) is 0 Å². The molecule has 6 atom stereocenters. The first kappa shape index (κ1) is 85.1. The summed E-state index contributed by atoms with van der Waals surface area (Å²) in [5, 5.41) is 10.6. The van der Waals surface area contributed by atoms with Crippen molar-refractivity contribution in [3.05, 3.63) is 0 Å². The van der Waals surface area contributed by atoms with Crippen LogP contribution >= 0.6 is 15.6 Å². The molecule has 0 saturated carbocycles.